The molecule has 0 spiro atoms. The summed E-state index contributed by atoms with van der Waals surface area (Å²) >= 11 is 1.37. The van der Waals surface area contributed by atoms with Gasteiger partial charge in [-0.25, -0.2) is 4.98 Å². The molecule has 1 heterocycles. The van der Waals surface area contributed by atoms with Gasteiger partial charge in [0.05, 0.1) is 0 Å². The molecule has 1 unspecified atom stereocenters. The highest BCUT2D eigenvalue weighted by Gasteiger charge is 2.25. The lowest BCUT2D eigenvalue weighted by Gasteiger charge is -2.26. The maximum Gasteiger partial charge on any atom is 0.267 e. The van der Waals surface area contributed by atoms with E-state index in [9.17, 15) is 4.79 Å². The Kier molecular flexibility index (Phi) is 5.08. The molecule has 1 aliphatic rings. The number of carbonyl (C=O) groups is 1. The van der Waals surface area contributed by atoms with E-state index in [0.717, 1.165) is 11.6 Å². The summed E-state index contributed by atoms with van der Waals surface area (Å²) in [6.45, 7) is 6.40. The van der Waals surface area contributed by atoms with Crippen LogP contribution < -0.4 is 11.1 Å². The highest BCUT2D eigenvalue weighted by molar-refractivity contribution is 7.18. The van der Waals surface area contributed by atoms with Crippen molar-refractivity contribution in [2.24, 2.45) is 5.92 Å². The molecule has 1 amide bonds. The topological polar surface area (TPSA) is 71.2 Å². The maximum absolute atomic E-state index is 12.6. The van der Waals surface area contributed by atoms with Gasteiger partial charge in [0, 0.05) is 19.1 Å². The standard InChI is InChI=1S/C15H26N4OS/c1-9(2)8-10(3)19(4)14(20)12-13(16)18-15(21-12)17-11-6-5-7-11/h9-11H,5-8,16H2,1-4H3,(H,17,18). The van der Waals surface area contributed by atoms with E-state index >= 15 is 0 Å². The van der Waals surface area contributed by atoms with Gasteiger partial charge in [0.25, 0.3) is 5.91 Å². The number of thiazole rings is 1. The third-order valence-electron chi connectivity index (χ3n) is 4.07. The Morgan fingerprint density at radius 3 is 2.67 bits per heavy atom. The van der Waals surface area contributed by atoms with E-state index in [1.165, 1.54) is 30.6 Å². The van der Waals surface area contributed by atoms with E-state index in [1.807, 2.05) is 7.05 Å². The van der Waals surface area contributed by atoms with Crippen LogP contribution in [0.5, 0.6) is 0 Å². The quantitative estimate of drug-likeness (QED) is 0.846. The van der Waals surface area contributed by atoms with Crippen molar-refractivity contribution in [2.75, 3.05) is 18.1 Å². The number of amides is 1. The monoisotopic (exact) mass is 310 g/mol. The van der Waals surface area contributed by atoms with Crippen LogP contribution in [-0.4, -0.2) is 34.9 Å². The SMILES string of the molecule is CC(C)CC(C)N(C)C(=O)c1sc(NC2CCC2)nc1N. The number of nitrogens with one attached hydrogen (secondary N) is 1. The highest BCUT2D eigenvalue weighted by Crippen LogP contribution is 2.30. The summed E-state index contributed by atoms with van der Waals surface area (Å²) in [5.41, 5.74) is 5.93. The van der Waals surface area contributed by atoms with Crippen LogP contribution in [0.2, 0.25) is 0 Å². The zero-order valence-electron chi connectivity index (χ0n) is 13.3. The van der Waals surface area contributed by atoms with Crippen molar-refractivity contribution < 1.29 is 4.79 Å². The van der Waals surface area contributed by atoms with Crippen LogP contribution in [0.4, 0.5) is 10.9 Å². The van der Waals surface area contributed by atoms with Crippen molar-refractivity contribution in [3.8, 4) is 0 Å². The van der Waals surface area contributed by atoms with E-state index < -0.39 is 0 Å². The van der Waals surface area contributed by atoms with Gasteiger partial charge < -0.3 is 16.0 Å². The number of anilines is 2. The van der Waals surface area contributed by atoms with Gasteiger partial charge in [-0.3, -0.25) is 4.79 Å². The predicted octanol–water partition coefficient (Wildman–Crippen LogP) is 3.20. The third kappa shape index (κ3) is 3.87. The number of hydrogen-bond donors (Lipinski definition) is 2. The van der Waals surface area contributed by atoms with E-state index in [2.05, 4.69) is 31.1 Å². The van der Waals surface area contributed by atoms with Gasteiger partial charge in [0.2, 0.25) is 0 Å². The van der Waals surface area contributed by atoms with Crippen molar-refractivity contribution in [2.45, 2.75) is 58.5 Å². The van der Waals surface area contributed by atoms with Crippen molar-refractivity contribution in [1.29, 1.82) is 0 Å². The summed E-state index contributed by atoms with van der Waals surface area (Å²) in [6.07, 6.45) is 4.59. The van der Waals surface area contributed by atoms with E-state index in [1.54, 1.807) is 4.90 Å². The molecule has 1 aromatic rings. The van der Waals surface area contributed by atoms with Gasteiger partial charge >= 0.3 is 0 Å². The van der Waals surface area contributed by atoms with Gasteiger partial charge in [-0.15, -0.1) is 0 Å². The molecule has 2 rings (SSSR count). The average Bonchev–Trinajstić information content (AvgIpc) is 2.72. The molecule has 5 nitrogen and oxygen atoms in total. The Hall–Kier alpha value is -1.30. The second kappa shape index (κ2) is 6.64. The largest absolute Gasteiger partial charge is 0.382 e. The van der Waals surface area contributed by atoms with Crippen LogP contribution in [0.15, 0.2) is 0 Å². The number of aromatic nitrogens is 1. The molecule has 0 aromatic carbocycles. The minimum Gasteiger partial charge on any atom is -0.382 e. The molecule has 0 aliphatic heterocycles. The maximum atomic E-state index is 12.6. The second-order valence-electron chi connectivity index (χ2n) is 6.40. The predicted molar refractivity (Wildman–Crippen MR) is 88.8 cm³/mol. The first-order chi connectivity index (χ1) is 9.88. The molecule has 0 bridgehead atoms. The Labute approximate surface area is 130 Å². The first-order valence-electron chi connectivity index (χ1n) is 7.68. The fourth-order valence-electron chi connectivity index (χ4n) is 2.47. The lowest BCUT2D eigenvalue weighted by atomic mass is 9.93. The molecule has 1 fully saturated rings. The first-order valence-corrected chi connectivity index (χ1v) is 8.50. The highest BCUT2D eigenvalue weighted by atomic mass is 32.1. The van der Waals surface area contributed by atoms with Gasteiger partial charge in [-0.2, -0.15) is 0 Å². The van der Waals surface area contributed by atoms with Crippen LogP contribution in [0.25, 0.3) is 0 Å². The van der Waals surface area contributed by atoms with E-state index in [-0.39, 0.29) is 11.9 Å². The normalized spacial score (nSPS) is 16.6. The molecule has 1 saturated carbocycles. The Bertz CT molecular complexity index is 496. The minimum atomic E-state index is -0.0280. The molecule has 3 N–H and O–H groups in total. The molecular formula is C15H26N4OS. The molecule has 0 saturated heterocycles. The third-order valence-corrected chi connectivity index (χ3v) is 5.06. The van der Waals surface area contributed by atoms with Crippen LogP contribution in [0.3, 0.4) is 0 Å². The average molecular weight is 310 g/mol. The summed E-state index contributed by atoms with van der Waals surface area (Å²) in [4.78, 5) is 19.2. The molecule has 118 valence electrons. The minimum absolute atomic E-state index is 0.0280. The molecule has 1 aliphatic carbocycles. The molecule has 1 atom stereocenters. The zero-order chi connectivity index (χ0) is 15.6. The zero-order valence-corrected chi connectivity index (χ0v) is 14.2. The molecule has 21 heavy (non-hydrogen) atoms. The number of hydrogen-bond acceptors (Lipinski definition) is 5. The van der Waals surface area contributed by atoms with E-state index in [4.69, 9.17) is 5.73 Å². The van der Waals surface area contributed by atoms with Gasteiger partial charge in [0.15, 0.2) is 5.13 Å². The van der Waals surface area contributed by atoms with Crippen LogP contribution in [0.1, 0.15) is 56.1 Å². The lowest BCUT2D eigenvalue weighted by Crippen LogP contribution is -2.35. The summed E-state index contributed by atoms with van der Waals surface area (Å²) < 4.78 is 0. The van der Waals surface area contributed by atoms with E-state index in [0.29, 0.717) is 22.7 Å². The molecule has 6 heteroatoms. The first kappa shape index (κ1) is 16.1. The number of rotatable bonds is 6. The Morgan fingerprint density at radius 1 is 1.48 bits per heavy atom. The smallest absolute Gasteiger partial charge is 0.267 e. The number of nitrogens with zero attached hydrogens (tertiary/aromatic N) is 2. The lowest BCUT2D eigenvalue weighted by molar-refractivity contribution is 0.0734. The fraction of sp³-hybridized carbons (Fsp3) is 0.733. The fourth-order valence-corrected chi connectivity index (χ4v) is 3.42. The number of carbonyl (C=O) groups excluding carboxylic acids is 1. The van der Waals surface area contributed by atoms with Crippen LogP contribution >= 0.6 is 11.3 Å². The molecule has 1 aromatic heterocycles. The summed E-state index contributed by atoms with van der Waals surface area (Å²) in [7, 11) is 1.84. The summed E-state index contributed by atoms with van der Waals surface area (Å²) in [5.74, 6) is 0.875. The van der Waals surface area contributed by atoms with Crippen molar-refractivity contribution in [3.05, 3.63) is 4.88 Å². The van der Waals surface area contributed by atoms with Crippen molar-refractivity contribution >= 4 is 28.2 Å². The second-order valence-corrected chi connectivity index (χ2v) is 7.40. The molecular weight excluding hydrogens is 284 g/mol. The Balaban J connectivity index is 2.03. The summed E-state index contributed by atoms with van der Waals surface area (Å²) in [5, 5.41) is 4.12. The Morgan fingerprint density at radius 2 is 2.14 bits per heavy atom. The number of nitrogens with two attached hydrogens (primary N) is 1. The van der Waals surface area contributed by atoms with Gasteiger partial charge in [-0.1, -0.05) is 25.2 Å². The number of nitrogen functional groups attached to an aromatic ring is 1. The van der Waals surface area contributed by atoms with Crippen molar-refractivity contribution in [1.82, 2.24) is 9.88 Å². The van der Waals surface area contributed by atoms with Crippen LogP contribution in [0, 0.1) is 5.92 Å². The van der Waals surface area contributed by atoms with Gasteiger partial charge in [0.1, 0.15) is 10.7 Å². The van der Waals surface area contributed by atoms with Crippen LogP contribution in [-0.2, 0) is 0 Å². The summed E-state index contributed by atoms with van der Waals surface area (Å²) in [6, 6.07) is 0.693. The van der Waals surface area contributed by atoms with Crippen molar-refractivity contribution in [3.63, 3.8) is 0 Å². The van der Waals surface area contributed by atoms with Gasteiger partial charge in [-0.05, 0) is 38.5 Å². The molecule has 0 radical (unpaired) electrons.